The molecule has 0 aromatic carbocycles. The van der Waals surface area contributed by atoms with Crippen molar-refractivity contribution in [3.8, 4) is 0 Å². The Morgan fingerprint density at radius 2 is 1.55 bits per heavy atom. The number of isocyanates is 1. The first-order valence-electron chi connectivity index (χ1n) is 22.0. The van der Waals surface area contributed by atoms with Gasteiger partial charge in [-0.2, -0.15) is 0 Å². The molecule has 3 saturated heterocycles. The molecule has 4 fully saturated rings. The van der Waals surface area contributed by atoms with Gasteiger partial charge in [0.25, 0.3) is 0 Å². The van der Waals surface area contributed by atoms with Crippen molar-refractivity contribution >= 4 is 41.2 Å². The molecule has 58 heavy (non-hydrogen) atoms. The van der Waals surface area contributed by atoms with Crippen LogP contribution in [-0.4, -0.2) is 88.3 Å². The van der Waals surface area contributed by atoms with Crippen LogP contribution in [0.2, 0.25) is 0 Å². The number of hydrogen-bond acceptors (Lipinski definition) is 9. The average Bonchev–Trinajstić information content (AvgIpc) is 3.40. The number of aliphatic imine (C=N–C) groups is 1. The number of Topliss-reactive ketones (excluding diaryl/α,β-unsaturated/α-hetero) is 3. The monoisotopic (exact) mass is 810 g/mol. The Morgan fingerprint density at radius 3 is 2.10 bits per heavy atom. The van der Waals surface area contributed by atoms with E-state index in [-0.39, 0.29) is 71.0 Å². The maximum absolute atomic E-state index is 14.0. The van der Waals surface area contributed by atoms with Gasteiger partial charge in [-0.05, 0) is 74.5 Å². The molecule has 0 radical (unpaired) electrons. The van der Waals surface area contributed by atoms with Gasteiger partial charge in [0.15, 0.2) is 11.6 Å². The molecule has 326 valence electrons. The highest BCUT2D eigenvalue weighted by Gasteiger charge is 2.69. The zero-order valence-corrected chi connectivity index (χ0v) is 37.6. The van der Waals surface area contributed by atoms with Gasteiger partial charge in [0.1, 0.15) is 5.60 Å². The van der Waals surface area contributed by atoms with E-state index in [1.54, 1.807) is 17.1 Å². The van der Waals surface area contributed by atoms with Gasteiger partial charge in [-0.3, -0.25) is 28.8 Å². The van der Waals surface area contributed by atoms with Crippen LogP contribution in [0.15, 0.2) is 17.6 Å². The Bertz CT molecular complexity index is 1540. The third kappa shape index (κ3) is 14.1. The Morgan fingerprint density at radius 1 is 0.948 bits per heavy atom. The summed E-state index contributed by atoms with van der Waals surface area (Å²) in [6.45, 7) is 25.4. The molecule has 4 aliphatic rings. The van der Waals surface area contributed by atoms with Gasteiger partial charge in [-0.15, -0.1) is 6.58 Å². The Balaban J connectivity index is 0.000000417. The van der Waals surface area contributed by atoms with Crippen molar-refractivity contribution in [1.29, 1.82) is 0 Å². The highest BCUT2D eigenvalue weighted by atomic mass is 16.6. The molecular formula is C47H75N3O8. The number of fused-ring (bicyclic) bond motifs is 3. The molecule has 2 amide bonds. The number of carbonyl (C=O) groups excluding carboxylic acids is 7. The minimum atomic E-state index is -0.645. The molecule has 0 N–H and O–H groups in total. The quantitative estimate of drug-likeness (QED) is 0.0703. The fourth-order valence-corrected chi connectivity index (χ4v) is 9.10. The first-order valence-corrected chi connectivity index (χ1v) is 22.0. The van der Waals surface area contributed by atoms with E-state index in [1.807, 2.05) is 46.4 Å². The fraction of sp³-hybridized carbons (Fsp3) is 0.809. The SMILES string of the molecule is C=CCCC(=O)C(=O)[C@@H]1CCCCCCCCC[C@H](CC(=O)OC(C)(C)C)C(=O)N2C[C@H]3[C@@H]([C@H]2C(=O)C1)C3(C)C.CC1(C)CCN(C[C@@H](N=C=O)C(C)(C)C)C(=O)C1. The third-order valence-corrected chi connectivity index (χ3v) is 12.9. The van der Waals surface area contributed by atoms with Crippen LogP contribution in [0, 0.1) is 39.9 Å². The second kappa shape index (κ2) is 20.7. The zero-order chi connectivity index (χ0) is 43.6. The summed E-state index contributed by atoms with van der Waals surface area (Å²) >= 11 is 0. The second-order valence-electron chi connectivity index (χ2n) is 20.9. The van der Waals surface area contributed by atoms with Crippen molar-refractivity contribution in [1.82, 2.24) is 9.80 Å². The predicted octanol–water partition coefficient (Wildman–Crippen LogP) is 8.41. The van der Waals surface area contributed by atoms with Crippen molar-refractivity contribution in [3.05, 3.63) is 12.7 Å². The molecule has 1 saturated carbocycles. The molecule has 11 nitrogen and oxygen atoms in total. The van der Waals surface area contributed by atoms with Crippen LogP contribution in [0.5, 0.6) is 0 Å². The number of carbonyl (C=O) groups is 6. The van der Waals surface area contributed by atoms with Gasteiger partial charge in [-0.1, -0.05) is 99.5 Å². The van der Waals surface area contributed by atoms with Crippen LogP contribution in [0.3, 0.4) is 0 Å². The summed E-state index contributed by atoms with van der Waals surface area (Å²) in [5.74, 6) is -2.30. The molecule has 3 aliphatic heterocycles. The van der Waals surface area contributed by atoms with Crippen LogP contribution in [0.1, 0.15) is 166 Å². The Kier molecular flexibility index (Phi) is 17.4. The molecule has 0 aromatic heterocycles. The molecular weight excluding hydrogens is 735 g/mol. The maximum Gasteiger partial charge on any atom is 0.307 e. The van der Waals surface area contributed by atoms with Gasteiger partial charge >= 0.3 is 5.97 Å². The van der Waals surface area contributed by atoms with Gasteiger partial charge in [0.2, 0.25) is 23.7 Å². The van der Waals surface area contributed by atoms with Crippen LogP contribution >= 0.6 is 0 Å². The number of esters is 1. The standard InChI is InChI=1S/C33H51NO6.C14H24N2O2/c1-7-8-18-25(35)30(38)22-16-14-12-10-9-11-13-15-17-23(20-27(37)40-32(2,3)4)31(39)34-21-24-28(33(24,5)6)29(34)26(36)19-22;1-13(2,3)11(15-10-17)9-16-7-6-14(4,5)8-12(16)18/h7,22-24,28-29H,1,8-21H2,2-6H3;11H,6-9H2,1-5H3/t22-,23-,24+,28+,29-;11-/m11/s1. The average molecular weight is 810 g/mol. The number of amides is 2. The smallest absolute Gasteiger partial charge is 0.307 e. The van der Waals surface area contributed by atoms with Crippen molar-refractivity contribution in [3.63, 3.8) is 0 Å². The summed E-state index contributed by atoms with van der Waals surface area (Å²) in [4.78, 5) is 96.6. The van der Waals surface area contributed by atoms with E-state index in [1.165, 1.54) is 0 Å². The van der Waals surface area contributed by atoms with E-state index in [2.05, 4.69) is 39.3 Å². The van der Waals surface area contributed by atoms with Crippen LogP contribution in [0.25, 0.3) is 0 Å². The maximum atomic E-state index is 14.0. The lowest BCUT2D eigenvalue weighted by molar-refractivity contribution is -0.159. The topological polar surface area (TPSA) is 148 Å². The molecule has 4 rings (SSSR count). The van der Waals surface area contributed by atoms with E-state index in [0.717, 1.165) is 57.9 Å². The molecule has 1 aliphatic carbocycles. The molecule has 0 aromatic rings. The zero-order valence-electron chi connectivity index (χ0n) is 37.6. The van der Waals surface area contributed by atoms with Gasteiger partial charge in [0.05, 0.1) is 18.5 Å². The fourth-order valence-electron chi connectivity index (χ4n) is 9.10. The van der Waals surface area contributed by atoms with Crippen LogP contribution < -0.4 is 0 Å². The molecule has 3 heterocycles. The second-order valence-corrected chi connectivity index (χ2v) is 20.9. The number of ether oxygens (including phenoxy) is 1. The summed E-state index contributed by atoms with van der Waals surface area (Å²) in [6.07, 6.45) is 13.3. The summed E-state index contributed by atoms with van der Waals surface area (Å²) in [7, 11) is 0. The minimum Gasteiger partial charge on any atom is -0.460 e. The summed E-state index contributed by atoms with van der Waals surface area (Å²) in [6, 6.07) is -0.791. The number of hydrogen-bond donors (Lipinski definition) is 0. The van der Waals surface area contributed by atoms with Crippen molar-refractivity contribution in [2.45, 2.75) is 183 Å². The highest BCUT2D eigenvalue weighted by Crippen LogP contribution is 2.65. The number of rotatable bonds is 10. The number of ketones is 3. The molecule has 11 heteroatoms. The molecule has 6 atom stereocenters. The largest absolute Gasteiger partial charge is 0.460 e. The lowest BCUT2D eigenvalue weighted by atomic mass is 9.81. The lowest BCUT2D eigenvalue weighted by Gasteiger charge is -2.39. The Hall–Kier alpha value is -3.46. The normalized spacial score (nSPS) is 27.1. The summed E-state index contributed by atoms with van der Waals surface area (Å²) in [5.41, 5.74) is -0.734. The summed E-state index contributed by atoms with van der Waals surface area (Å²) < 4.78 is 5.56. The van der Waals surface area contributed by atoms with Gasteiger partial charge in [-0.25, -0.2) is 9.79 Å². The van der Waals surface area contributed by atoms with Crippen molar-refractivity contribution in [2.24, 2.45) is 44.9 Å². The number of allylic oxidation sites excluding steroid dienone is 1. The van der Waals surface area contributed by atoms with E-state index in [0.29, 0.717) is 38.8 Å². The third-order valence-electron chi connectivity index (χ3n) is 12.9. The lowest BCUT2D eigenvalue weighted by Crippen LogP contribution is -2.49. The van der Waals surface area contributed by atoms with Crippen LogP contribution in [-0.2, 0) is 38.3 Å². The van der Waals surface area contributed by atoms with Crippen LogP contribution in [0.4, 0.5) is 0 Å². The first-order chi connectivity index (χ1) is 26.9. The summed E-state index contributed by atoms with van der Waals surface area (Å²) in [5, 5.41) is 0. The predicted molar refractivity (Wildman–Crippen MR) is 225 cm³/mol. The highest BCUT2D eigenvalue weighted by molar-refractivity contribution is 6.38. The first kappa shape index (κ1) is 48.9. The van der Waals surface area contributed by atoms with E-state index in [4.69, 9.17) is 4.74 Å². The van der Waals surface area contributed by atoms with Gasteiger partial charge in [0, 0.05) is 50.7 Å². The van der Waals surface area contributed by atoms with E-state index < -0.39 is 41.0 Å². The molecule has 0 bridgehead atoms. The number of likely N-dealkylation sites (tertiary alicyclic amines) is 1. The molecule has 0 unspecified atom stereocenters. The number of nitrogens with zero attached hydrogens (tertiary/aromatic N) is 3. The minimum absolute atomic E-state index is 0.00512. The van der Waals surface area contributed by atoms with E-state index >= 15 is 0 Å². The van der Waals surface area contributed by atoms with Gasteiger partial charge < -0.3 is 14.5 Å². The molecule has 0 spiro atoms. The van der Waals surface area contributed by atoms with Crippen molar-refractivity contribution < 1.29 is 38.3 Å². The number of piperidine rings is 2. The Labute approximate surface area is 348 Å². The van der Waals surface area contributed by atoms with Crippen molar-refractivity contribution in [2.75, 3.05) is 19.6 Å². The van der Waals surface area contributed by atoms with E-state index in [9.17, 15) is 33.6 Å².